The Kier molecular flexibility index (Phi) is 6.14. The molecule has 31 heavy (non-hydrogen) atoms. The van der Waals surface area contributed by atoms with Gasteiger partial charge in [0.25, 0.3) is 0 Å². The number of likely N-dealkylation sites (tertiary alicyclic amines) is 1. The van der Waals surface area contributed by atoms with Crippen LogP contribution >= 0.6 is 11.3 Å². The van der Waals surface area contributed by atoms with Crippen molar-refractivity contribution in [2.24, 2.45) is 0 Å². The van der Waals surface area contributed by atoms with Crippen LogP contribution in [0.3, 0.4) is 0 Å². The van der Waals surface area contributed by atoms with Crippen LogP contribution in [0.1, 0.15) is 49.7 Å². The molecule has 1 saturated heterocycles. The average Bonchev–Trinajstić information content (AvgIpc) is 3.51. The number of amides is 3. The molecule has 1 atom stereocenters. The second kappa shape index (κ2) is 8.83. The third kappa shape index (κ3) is 4.11. The summed E-state index contributed by atoms with van der Waals surface area (Å²) in [6, 6.07) is 9.14. The minimum absolute atomic E-state index is 0.0201. The molecule has 0 bridgehead atoms. The number of hydrogen-bond acceptors (Lipinski definition) is 5. The topological polar surface area (TPSA) is 66.9 Å². The molecule has 1 aliphatic carbocycles. The van der Waals surface area contributed by atoms with Gasteiger partial charge in [-0.25, -0.2) is 0 Å². The molecule has 7 heteroatoms. The van der Waals surface area contributed by atoms with Crippen LogP contribution < -0.4 is 4.74 Å². The summed E-state index contributed by atoms with van der Waals surface area (Å²) in [6.45, 7) is 0.482. The van der Waals surface area contributed by atoms with Gasteiger partial charge in [-0.3, -0.25) is 19.3 Å². The van der Waals surface area contributed by atoms with Crippen molar-refractivity contribution in [3.63, 3.8) is 0 Å². The minimum Gasteiger partial charge on any atom is -0.497 e. The first-order valence-corrected chi connectivity index (χ1v) is 11.6. The van der Waals surface area contributed by atoms with E-state index in [1.807, 2.05) is 29.0 Å². The first-order chi connectivity index (χ1) is 14.9. The fraction of sp³-hybridized carbons (Fsp3) is 0.458. The van der Waals surface area contributed by atoms with Gasteiger partial charge in [0.1, 0.15) is 5.75 Å². The van der Waals surface area contributed by atoms with Gasteiger partial charge in [0.2, 0.25) is 17.7 Å². The zero-order valence-corrected chi connectivity index (χ0v) is 18.8. The van der Waals surface area contributed by atoms with Crippen molar-refractivity contribution in [3.8, 4) is 5.75 Å². The Morgan fingerprint density at radius 2 is 1.90 bits per heavy atom. The Balaban J connectivity index is 1.65. The van der Waals surface area contributed by atoms with Gasteiger partial charge in [-0.2, -0.15) is 11.3 Å². The smallest absolute Gasteiger partial charge is 0.241 e. The summed E-state index contributed by atoms with van der Waals surface area (Å²) in [4.78, 5) is 43.1. The molecule has 2 heterocycles. The van der Waals surface area contributed by atoms with E-state index >= 15 is 0 Å². The lowest BCUT2D eigenvalue weighted by molar-refractivity contribution is -0.144. The van der Waals surface area contributed by atoms with E-state index in [-0.39, 0.29) is 36.6 Å². The number of nitrogens with zero attached hydrogens (tertiary/aromatic N) is 2. The second-order valence-corrected chi connectivity index (χ2v) is 9.33. The minimum atomic E-state index is -1.16. The number of carbonyl (C=O) groups is 3. The molecule has 6 nitrogen and oxygen atoms in total. The summed E-state index contributed by atoms with van der Waals surface area (Å²) in [5, 5.41) is 3.99. The Morgan fingerprint density at radius 1 is 1.19 bits per heavy atom. The predicted octanol–water partition coefficient (Wildman–Crippen LogP) is 3.74. The summed E-state index contributed by atoms with van der Waals surface area (Å²) in [5.41, 5.74) is 0.594. The number of thiophene rings is 1. The van der Waals surface area contributed by atoms with Crippen LogP contribution in [0, 0.1) is 0 Å². The molecule has 2 fully saturated rings. The maximum absolute atomic E-state index is 13.8. The third-order valence-electron chi connectivity index (χ3n) is 6.56. The molecule has 3 amide bonds. The summed E-state index contributed by atoms with van der Waals surface area (Å²) in [7, 11) is 3.33. The molecule has 1 aromatic heterocycles. The monoisotopic (exact) mass is 440 g/mol. The Bertz CT molecular complexity index is 950. The lowest BCUT2D eigenvalue weighted by Gasteiger charge is -2.30. The first-order valence-electron chi connectivity index (χ1n) is 10.7. The number of carbonyl (C=O) groups excluding carboxylic acids is 3. The average molecular weight is 441 g/mol. The normalized spacial score (nSPS) is 21.7. The summed E-state index contributed by atoms with van der Waals surface area (Å²) in [6.07, 6.45) is 3.77. The highest BCUT2D eigenvalue weighted by Crippen LogP contribution is 2.43. The third-order valence-corrected chi connectivity index (χ3v) is 7.29. The fourth-order valence-corrected chi connectivity index (χ4v) is 5.47. The van der Waals surface area contributed by atoms with Gasteiger partial charge in [-0.1, -0.05) is 25.0 Å². The van der Waals surface area contributed by atoms with Crippen molar-refractivity contribution in [2.75, 3.05) is 14.2 Å². The van der Waals surface area contributed by atoms with E-state index in [1.165, 1.54) is 4.90 Å². The zero-order chi connectivity index (χ0) is 22.0. The highest BCUT2D eigenvalue weighted by atomic mass is 32.1. The molecule has 2 aromatic rings. The summed E-state index contributed by atoms with van der Waals surface area (Å²) in [5.74, 6) is 0.133. The van der Waals surface area contributed by atoms with Crippen molar-refractivity contribution < 1.29 is 19.1 Å². The van der Waals surface area contributed by atoms with Gasteiger partial charge in [-0.15, -0.1) is 0 Å². The second-order valence-electron chi connectivity index (χ2n) is 8.55. The summed E-state index contributed by atoms with van der Waals surface area (Å²) < 4.78 is 5.26. The quantitative estimate of drug-likeness (QED) is 0.615. The molecule has 0 spiro atoms. The molecular weight excluding hydrogens is 412 g/mol. The van der Waals surface area contributed by atoms with Gasteiger partial charge >= 0.3 is 0 Å². The summed E-state index contributed by atoms with van der Waals surface area (Å²) >= 11 is 1.59. The highest BCUT2D eigenvalue weighted by molar-refractivity contribution is 7.07. The number of ether oxygens (including phenoxy) is 1. The molecule has 4 rings (SSSR count). The molecule has 1 aromatic carbocycles. The lowest BCUT2D eigenvalue weighted by atomic mass is 9.75. The van der Waals surface area contributed by atoms with Crippen LogP contribution in [0.25, 0.3) is 0 Å². The van der Waals surface area contributed by atoms with Crippen molar-refractivity contribution in [3.05, 3.63) is 52.2 Å². The predicted molar refractivity (Wildman–Crippen MR) is 119 cm³/mol. The van der Waals surface area contributed by atoms with Crippen LogP contribution in [0.2, 0.25) is 0 Å². The Morgan fingerprint density at radius 3 is 2.52 bits per heavy atom. The molecule has 2 aliphatic rings. The highest BCUT2D eigenvalue weighted by Gasteiger charge is 2.55. The molecule has 1 saturated carbocycles. The number of methoxy groups -OCH3 is 1. The largest absolute Gasteiger partial charge is 0.497 e. The molecule has 1 aliphatic heterocycles. The van der Waals surface area contributed by atoms with Crippen molar-refractivity contribution in [1.29, 1.82) is 0 Å². The number of hydrogen-bond donors (Lipinski definition) is 0. The van der Waals surface area contributed by atoms with E-state index in [0.717, 1.165) is 31.2 Å². The molecule has 164 valence electrons. The number of rotatable bonds is 7. The van der Waals surface area contributed by atoms with Crippen LogP contribution in [0.15, 0.2) is 41.1 Å². The van der Waals surface area contributed by atoms with Gasteiger partial charge < -0.3 is 9.64 Å². The first kappa shape index (κ1) is 21.6. The standard InChI is InChI=1S/C24H28N2O4S/c1-25(15-17-11-12-31-16-17)21(27)13-24(18-7-9-20(30-2)10-8-18)14-22(28)26(23(24)29)19-5-3-4-6-19/h7-12,16,19H,3-6,13-15H2,1-2H3. The van der Waals surface area contributed by atoms with E-state index in [4.69, 9.17) is 4.74 Å². The maximum Gasteiger partial charge on any atom is 0.241 e. The lowest BCUT2D eigenvalue weighted by Crippen LogP contribution is -2.45. The van der Waals surface area contributed by atoms with E-state index in [9.17, 15) is 14.4 Å². The molecule has 0 N–H and O–H groups in total. The Hall–Kier alpha value is -2.67. The number of benzene rings is 1. The maximum atomic E-state index is 13.8. The van der Waals surface area contributed by atoms with E-state index in [1.54, 1.807) is 42.5 Å². The van der Waals surface area contributed by atoms with Gasteiger partial charge in [0.15, 0.2) is 0 Å². The van der Waals surface area contributed by atoms with E-state index in [0.29, 0.717) is 17.9 Å². The number of imide groups is 1. The van der Waals surface area contributed by atoms with Gasteiger partial charge in [0, 0.05) is 32.5 Å². The molecule has 1 unspecified atom stereocenters. The van der Waals surface area contributed by atoms with Crippen LogP contribution in [-0.2, 0) is 26.3 Å². The van der Waals surface area contributed by atoms with Gasteiger partial charge in [-0.05, 0) is 52.9 Å². The van der Waals surface area contributed by atoms with Crippen molar-refractivity contribution in [1.82, 2.24) is 9.80 Å². The fourth-order valence-electron chi connectivity index (χ4n) is 4.81. The molecule has 0 radical (unpaired) electrons. The van der Waals surface area contributed by atoms with Crippen molar-refractivity contribution in [2.45, 2.75) is 56.5 Å². The van der Waals surface area contributed by atoms with Crippen molar-refractivity contribution >= 4 is 29.1 Å². The van der Waals surface area contributed by atoms with E-state index in [2.05, 4.69) is 0 Å². The van der Waals surface area contributed by atoms with Crippen LogP contribution in [-0.4, -0.2) is 47.7 Å². The van der Waals surface area contributed by atoms with E-state index < -0.39 is 5.41 Å². The SMILES string of the molecule is COc1ccc(C2(CC(=O)N(C)Cc3ccsc3)CC(=O)N(C3CCCC3)C2=O)cc1. The van der Waals surface area contributed by atoms with Crippen LogP contribution in [0.5, 0.6) is 5.75 Å². The molecular formula is C24H28N2O4S. The van der Waals surface area contributed by atoms with Crippen LogP contribution in [0.4, 0.5) is 0 Å². The van der Waals surface area contributed by atoms with Gasteiger partial charge in [0.05, 0.1) is 12.5 Å². The zero-order valence-electron chi connectivity index (χ0n) is 18.0. The Labute approximate surface area is 186 Å².